The summed E-state index contributed by atoms with van der Waals surface area (Å²) in [5.41, 5.74) is 1.41. The molecule has 0 heterocycles. The molecule has 0 saturated carbocycles. The zero-order valence-electron chi connectivity index (χ0n) is 10.2. The molecule has 0 aliphatic carbocycles. The van der Waals surface area contributed by atoms with E-state index < -0.39 is 0 Å². The van der Waals surface area contributed by atoms with E-state index in [4.69, 9.17) is 5.26 Å². The SMILES string of the molecule is N#C/C(=C/Nc1ccccc1)C(=O)c1ccccc1. The van der Waals surface area contributed by atoms with Crippen LogP contribution in [-0.2, 0) is 0 Å². The van der Waals surface area contributed by atoms with Crippen molar-refractivity contribution in [1.29, 1.82) is 5.26 Å². The Morgan fingerprint density at radius 3 is 2.16 bits per heavy atom. The first-order valence-electron chi connectivity index (χ1n) is 5.83. The van der Waals surface area contributed by atoms with Gasteiger partial charge in [-0.3, -0.25) is 4.79 Å². The summed E-state index contributed by atoms with van der Waals surface area (Å²) in [6, 6.07) is 20.0. The molecular formula is C16H12N2O. The number of benzene rings is 2. The molecule has 0 bridgehead atoms. The molecule has 2 aromatic rings. The van der Waals surface area contributed by atoms with Gasteiger partial charge in [-0.25, -0.2) is 0 Å². The van der Waals surface area contributed by atoms with Crippen molar-refractivity contribution >= 4 is 11.5 Å². The minimum atomic E-state index is -0.286. The lowest BCUT2D eigenvalue weighted by molar-refractivity contribution is 0.103. The summed E-state index contributed by atoms with van der Waals surface area (Å²) < 4.78 is 0. The van der Waals surface area contributed by atoms with E-state index >= 15 is 0 Å². The van der Waals surface area contributed by atoms with Crippen molar-refractivity contribution in [3.8, 4) is 6.07 Å². The number of nitrogens with one attached hydrogen (secondary N) is 1. The van der Waals surface area contributed by atoms with E-state index in [0.29, 0.717) is 5.56 Å². The summed E-state index contributed by atoms with van der Waals surface area (Å²) in [6.45, 7) is 0. The van der Waals surface area contributed by atoms with Crippen molar-refractivity contribution in [3.63, 3.8) is 0 Å². The van der Waals surface area contributed by atoms with Gasteiger partial charge in [-0.1, -0.05) is 48.5 Å². The second-order valence-electron chi connectivity index (χ2n) is 3.88. The number of ketones is 1. The van der Waals surface area contributed by atoms with Crippen molar-refractivity contribution in [2.24, 2.45) is 0 Å². The molecule has 0 aliphatic rings. The number of rotatable bonds is 4. The van der Waals surface area contributed by atoms with Crippen molar-refractivity contribution in [2.45, 2.75) is 0 Å². The Kier molecular flexibility index (Phi) is 4.09. The molecule has 2 rings (SSSR count). The predicted octanol–water partition coefficient (Wildman–Crippen LogP) is 3.39. The molecule has 0 atom stereocenters. The summed E-state index contributed by atoms with van der Waals surface area (Å²) in [7, 11) is 0. The first-order valence-corrected chi connectivity index (χ1v) is 5.83. The zero-order valence-corrected chi connectivity index (χ0v) is 10.2. The Morgan fingerprint density at radius 1 is 1.00 bits per heavy atom. The minimum Gasteiger partial charge on any atom is -0.360 e. The van der Waals surface area contributed by atoms with Gasteiger partial charge in [-0.2, -0.15) is 5.26 Å². The molecule has 0 aromatic heterocycles. The maximum atomic E-state index is 12.1. The van der Waals surface area contributed by atoms with Crippen LogP contribution in [0.3, 0.4) is 0 Å². The average molecular weight is 248 g/mol. The minimum absolute atomic E-state index is 0.0788. The Bertz CT molecular complexity index is 625. The van der Waals surface area contributed by atoms with Crippen molar-refractivity contribution < 1.29 is 4.79 Å². The second kappa shape index (κ2) is 6.18. The van der Waals surface area contributed by atoms with Crippen molar-refractivity contribution in [2.75, 3.05) is 5.32 Å². The molecule has 3 nitrogen and oxygen atoms in total. The average Bonchev–Trinajstić information content (AvgIpc) is 2.49. The fraction of sp³-hybridized carbons (Fsp3) is 0. The van der Waals surface area contributed by atoms with Gasteiger partial charge < -0.3 is 5.32 Å². The molecular weight excluding hydrogens is 236 g/mol. The van der Waals surface area contributed by atoms with Gasteiger partial charge in [-0.15, -0.1) is 0 Å². The van der Waals surface area contributed by atoms with Crippen LogP contribution in [0.5, 0.6) is 0 Å². The Morgan fingerprint density at radius 2 is 1.58 bits per heavy atom. The van der Waals surface area contributed by atoms with Gasteiger partial charge >= 0.3 is 0 Å². The Balaban J connectivity index is 2.17. The number of hydrogen-bond acceptors (Lipinski definition) is 3. The van der Waals surface area contributed by atoms with Gasteiger partial charge in [-0.05, 0) is 12.1 Å². The molecule has 3 heteroatoms. The molecule has 0 amide bonds. The molecule has 19 heavy (non-hydrogen) atoms. The van der Waals surface area contributed by atoms with Gasteiger partial charge in [0.2, 0.25) is 5.78 Å². The summed E-state index contributed by atoms with van der Waals surface area (Å²) in [5, 5.41) is 12.0. The van der Waals surface area contributed by atoms with E-state index in [1.807, 2.05) is 42.5 Å². The van der Waals surface area contributed by atoms with Gasteiger partial charge in [0.15, 0.2) is 0 Å². The van der Waals surface area contributed by atoms with Crippen LogP contribution < -0.4 is 5.32 Å². The van der Waals surface area contributed by atoms with Crippen LogP contribution in [0.25, 0.3) is 0 Å². The van der Waals surface area contributed by atoms with E-state index in [0.717, 1.165) is 5.69 Å². The lowest BCUT2D eigenvalue weighted by Crippen LogP contribution is -2.04. The third-order valence-electron chi connectivity index (χ3n) is 2.56. The number of carbonyl (C=O) groups is 1. The monoisotopic (exact) mass is 248 g/mol. The lowest BCUT2D eigenvalue weighted by Gasteiger charge is -2.02. The van der Waals surface area contributed by atoms with Crippen LogP contribution in [0.4, 0.5) is 5.69 Å². The number of allylic oxidation sites excluding steroid dienone is 1. The van der Waals surface area contributed by atoms with E-state index in [2.05, 4.69) is 5.32 Å². The number of anilines is 1. The van der Waals surface area contributed by atoms with Gasteiger partial charge in [0, 0.05) is 17.5 Å². The molecule has 1 N–H and O–H groups in total. The van der Waals surface area contributed by atoms with E-state index in [1.54, 1.807) is 24.3 Å². The highest BCUT2D eigenvalue weighted by Crippen LogP contribution is 2.10. The third kappa shape index (κ3) is 3.30. The van der Waals surface area contributed by atoms with Crippen molar-refractivity contribution in [1.82, 2.24) is 0 Å². The van der Waals surface area contributed by atoms with Crippen LogP contribution in [0.15, 0.2) is 72.4 Å². The van der Waals surface area contributed by atoms with Gasteiger partial charge in [0.25, 0.3) is 0 Å². The number of carbonyl (C=O) groups excluding carboxylic acids is 1. The third-order valence-corrected chi connectivity index (χ3v) is 2.56. The molecule has 0 aliphatic heterocycles. The maximum absolute atomic E-state index is 12.1. The highest BCUT2D eigenvalue weighted by atomic mass is 16.1. The number of nitriles is 1. The quantitative estimate of drug-likeness (QED) is 0.512. The molecule has 92 valence electrons. The predicted molar refractivity (Wildman–Crippen MR) is 74.5 cm³/mol. The highest BCUT2D eigenvalue weighted by Gasteiger charge is 2.10. The molecule has 0 spiro atoms. The lowest BCUT2D eigenvalue weighted by atomic mass is 10.1. The van der Waals surface area contributed by atoms with Gasteiger partial charge in [0.05, 0.1) is 0 Å². The Hall–Kier alpha value is -2.86. The van der Waals surface area contributed by atoms with E-state index in [9.17, 15) is 4.79 Å². The Labute approximate surface area is 111 Å². The largest absolute Gasteiger partial charge is 0.360 e. The highest BCUT2D eigenvalue weighted by molar-refractivity contribution is 6.11. The summed E-state index contributed by atoms with van der Waals surface area (Å²) in [5.74, 6) is -0.286. The summed E-state index contributed by atoms with van der Waals surface area (Å²) in [6.07, 6.45) is 1.44. The fourth-order valence-corrected chi connectivity index (χ4v) is 1.58. The standard InChI is InChI=1S/C16H12N2O/c17-11-14(12-18-15-9-5-2-6-10-15)16(19)13-7-3-1-4-8-13/h1-10,12,18H/b14-12-. The van der Waals surface area contributed by atoms with Crippen LogP contribution >= 0.6 is 0 Å². The summed E-state index contributed by atoms with van der Waals surface area (Å²) >= 11 is 0. The van der Waals surface area contributed by atoms with Crippen LogP contribution in [0.1, 0.15) is 10.4 Å². The smallest absolute Gasteiger partial charge is 0.205 e. The zero-order chi connectivity index (χ0) is 13.5. The molecule has 0 fully saturated rings. The fourth-order valence-electron chi connectivity index (χ4n) is 1.58. The number of hydrogen-bond donors (Lipinski definition) is 1. The van der Waals surface area contributed by atoms with Crippen molar-refractivity contribution in [3.05, 3.63) is 78.0 Å². The van der Waals surface area contributed by atoms with Crippen LogP contribution in [0, 0.1) is 11.3 Å². The molecule has 0 saturated heterocycles. The van der Waals surface area contributed by atoms with E-state index in [1.165, 1.54) is 6.20 Å². The number of nitrogens with zero attached hydrogens (tertiary/aromatic N) is 1. The topological polar surface area (TPSA) is 52.9 Å². The number of Topliss-reactive ketones (excluding diaryl/α,β-unsaturated/α-hetero) is 1. The molecule has 2 aromatic carbocycles. The summed E-state index contributed by atoms with van der Waals surface area (Å²) in [4.78, 5) is 12.1. The first kappa shape index (κ1) is 12.6. The maximum Gasteiger partial charge on any atom is 0.205 e. The van der Waals surface area contributed by atoms with Crippen LogP contribution in [0.2, 0.25) is 0 Å². The number of para-hydroxylation sites is 1. The second-order valence-corrected chi connectivity index (χ2v) is 3.88. The van der Waals surface area contributed by atoms with E-state index in [-0.39, 0.29) is 11.4 Å². The van der Waals surface area contributed by atoms with Gasteiger partial charge in [0.1, 0.15) is 11.6 Å². The first-order chi connectivity index (χ1) is 9.31. The molecule has 0 unspecified atom stereocenters. The normalized spacial score (nSPS) is 10.6. The van der Waals surface area contributed by atoms with Crippen LogP contribution in [-0.4, -0.2) is 5.78 Å². The molecule has 0 radical (unpaired) electrons.